The van der Waals surface area contributed by atoms with Gasteiger partial charge in [-0.05, 0) is 47.0 Å². The molecule has 6 heterocycles. The van der Waals surface area contributed by atoms with Crippen molar-refractivity contribution in [3.05, 3.63) is 0 Å². The van der Waals surface area contributed by atoms with E-state index in [0.29, 0.717) is 19.3 Å². The Kier molecular flexibility index (Phi) is 26.3. The van der Waals surface area contributed by atoms with E-state index in [0.717, 1.165) is 51.4 Å². The largest absolute Gasteiger partial charge is 0.481 e. The summed E-state index contributed by atoms with van der Waals surface area (Å²) in [6, 6.07) is 0. The molecule has 29 nitrogen and oxygen atoms in total. The number of aliphatic carboxylic acids is 1. The molecule has 31 atom stereocenters. The fraction of sp³-hybridized carbons (Fsp3) is 0.980. The lowest BCUT2D eigenvalue weighted by molar-refractivity contribution is -0.414. The van der Waals surface area contributed by atoms with E-state index in [-0.39, 0.29) is 6.42 Å². The number of rotatable bonds is 27. The maximum atomic E-state index is 12.4. The van der Waals surface area contributed by atoms with Gasteiger partial charge in [-0.1, -0.05) is 58.3 Å². The number of carbonyl (C=O) groups is 1. The number of carboxylic acids is 1. The molecule has 6 saturated heterocycles. The molecule has 0 aliphatic carbocycles. The summed E-state index contributed by atoms with van der Waals surface area (Å²) < 4.78 is 72.9. The van der Waals surface area contributed by atoms with E-state index in [9.17, 15) is 81.4 Å². The monoisotopic (exact) mass is 1170 g/mol. The maximum absolute atomic E-state index is 12.4. The Hall–Kier alpha value is -1.61. The predicted molar refractivity (Wildman–Crippen MR) is 265 cm³/mol. The van der Waals surface area contributed by atoms with E-state index in [1.807, 2.05) is 6.92 Å². The second-order valence-electron chi connectivity index (χ2n) is 22.0. The topological polar surface area (TPSA) is 452 Å². The first-order valence-electron chi connectivity index (χ1n) is 28.1. The highest BCUT2D eigenvalue weighted by Crippen LogP contribution is 2.39. The number of ether oxygens (including phenoxy) is 12. The molecule has 0 saturated carbocycles. The minimum Gasteiger partial charge on any atom is -0.481 e. The first-order chi connectivity index (χ1) is 37.9. The summed E-state index contributed by atoms with van der Waals surface area (Å²) in [5.41, 5.74) is 0. The Balaban J connectivity index is 1.28. The van der Waals surface area contributed by atoms with E-state index in [4.69, 9.17) is 61.9 Å². The molecule has 80 heavy (non-hydrogen) atoms. The second kappa shape index (κ2) is 31.2. The number of aliphatic hydroxyl groups excluding tert-OH is 15. The lowest BCUT2D eigenvalue weighted by atomic mass is 9.95. The van der Waals surface area contributed by atoms with Gasteiger partial charge < -0.3 is 139 Å². The summed E-state index contributed by atoms with van der Waals surface area (Å²) in [5.74, 6) is -0.824. The molecule has 0 radical (unpaired) electrons. The van der Waals surface area contributed by atoms with Gasteiger partial charge >= 0.3 is 5.97 Å². The van der Waals surface area contributed by atoms with Gasteiger partial charge in [0.2, 0.25) is 0 Å². The van der Waals surface area contributed by atoms with Crippen LogP contribution in [-0.4, -0.2) is 291 Å². The summed E-state index contributed by atoms with van der Waals surface area (Å²) >= 11 is 0. The van der Waals surface area contributed by atoms with E-state index in [1.165, 1.54) is 27.7 Å². The zero-order valence-corrected chi connectivity index (χ0v) is 45.8. The van der Waals surface area contributed by atoms with Crippen LogP contribution in [0.3, 0.4) is 0 Å². The molecule has 31 unspecified atom stereocenters. The third kappa shape index (κ3) is 16.5. The van der Waals surface area contributed by atoms with E-state index in [2.05, 4.69) is 0 Å². The van der Waals surface area contributed by atoms with Gasteiger partial charge in [-0.15, -0.1) is 0 Å². The van der Waals surface area contributed by atoms with Crippen molar-refractivity contribution in [1.82, 2.24) is 0 Å². The third-order valence-electron chi connectivity index (χ3n) is 15.9. The van der Waals surface area contributed by atoms with Crippen LogP contribution in [0.15, 0.2) is 0 Å². The van der Waals surface area contributed by atoms with Crippen LogP contribution in [0, 0.1) is 0 Å². The van der Waals surface area contributed by atoms with E-state index in [1.54, 1.807) is 0 Å². The molecular weight excluding hydrogens is 1080 g/mol. The predicted octanol–water partition coefficient (Wildman–Crippen LogP) is -4.81. The van der Waals surface area contributed by atoms with Crippen LogP contribution in [0.4, 0.5) is 0 Å². The van der Waals surface area contributed by atoms with Crippen molar-refractivity contribution < 1.29 is 143 Å². The van der Waals surface area contributed by atoms with E-state index >= 15 is 0 Å². The Morgan fingerprint density at radius 1 is 0.375 bits per heavy atom. The van der Waals surface area contributed by atoms with E-state index < -0.39 is 210 Å². The Labute approximate surface area is 463 Å². The number of aliphatic hydroxyl groups is 15. The molecular formula is C51H90O29. The van der Waals surface area contributed by atoms with Gasteiger partial charge in [0.1, 0.15) is 122 Å². The molecule has 6 aliphatic rings. The van der Waals surface area contributed by atoms with Gasteiger partial charge in [0, 0.05) is 6.42 Å². The average molecular weight is 1170 g/mol. The summed E-state index contributed by atoms with van der Waals surface area (Å²) in [6.07, 6.45) is -43.9. The Bertz CT molecular complexity index is 1810. The van der Waals surface area contributed by atoms with Crippen molar-refractivity contribution in [2.24, 2.45) is 0 Å². The summed E-state index contributed by atoms with van der Waals surface area (Å²) in [6.45, 7) is 5.76. The lowest BCUT2D eigenvalue weighted by Crippen LogP contribution is -2.69. The highest BCUT2D eigenvalue weighted by Gasteiger charge is 2.58. The average Bonchev–Trinajstić information content (AvgIpc) is 3.42. The van der Waals surface area contributed by atoms with Crippen molar-refractivity contribution in [3.63, 3.8) is 0 Å². The summed E-state index contributed by atoms with van der Waals surface area (Å²) in [7, 11) is 0. The van der Waals surface area contributed by atoms with Gasteiger partial charge in [-0.3, -0.25) is 4.79 Å². The smallest absolute Gasteiger partial charge is 0.303 e. The summed E-state index contributed by atoms with van der Waals surface area (Å²) in [4.78, 5) is 10.9. The van der Waals surface area contributed by atoms with Gasteiger partial charge in [-0.2, -0.15) is 0 Å². The first kappa shape index (κ1) is 67.5. The fourth-order valence-corrected chi connectivity index (χ4v) is 10.8. The van der Waals surface area contributed by atoms with Gasteiger partial charge in [0.15, 0.2) is 37.7 Å². The van der Waals surface area contributed by atoms with Crippen LogP contribution in [0.2, 0.25) is 0 Å². The zero-order chi connectivity index (χ0) is 58.9. The molecule has 6 fully saturated rings. The molecule has 0 spiro atoms. The molecule has 468 valence electrons. The van der Waals surface area contributed by atoms with Crippen LogP contribution in [0.5, 0.6) is 0 Å². The third-order valence-corrected chi connectivity index (χ3v) is 15.9. The minimum absolute atomic E-state index is 0.129. The van der Waals surface area contributed by atoms with Gasteiger partial charge in [-0.25, -0.2) is 0 Å². The first-order valence-corrected chi connectivity index (χ1v) is 28.1. The molecule has 0 aromatic heterocycles. The van der Waals surface area contributed by atoms with Crippen LogP contribution in [0.25, 0.3) is 0 Å². The van der Waals surface area contributed by atoms with Crippen molar-refractivity contribution in [3.8, 4) is 0 Å². The number of hydrogen-bond acceptors (Lipinski definition) is 28. The van der Waals surface area contributed by atoms with Crippen molar-refractivity contribution in [2.45, 2.75) is 302 Å². The molecule has 0 aromatic rings. The lowest BCUT2D eigenvalue weighted by Gasteiger charge is -2.51. The number of unbranched alkanes of at least 4 members (excludes halogenated alkanes) is 7. The Morgan fingerprint density at radius 3 is 1.21 bits per heavy atom. The van der Waals surface area contributed by atoms with Gasteiger partial charge in [0.05, 0.1) is 43.7 Å². The highest BCUT2D eigenvalue weighted by molar-refractivity contribution is 5.66. The zero-order valence-electron chi connectivity index (χ0n) is 45.8. The summed E-state index contributed by atoms with van der Waals surface area (Å²) in [5, 5.41) is 174. The SMILES string of the molecule is CCCCC(CCCCCCCCCC(=O)O)OC1OC(C)C(O)C(O)C1OC1OC(CO)C(O)C(O)C1OC1OC(C)C(OC2OC(C)C(O)C(O)C2O)C(OC2OC(CO)C(O)C(O)C2OC2OC(C)C(O)C(O)C2O)C1O. The van der Waals surface area contributed by atoms with Crippen molar-refractivity contribution >= 4 is 5.97 Å². The second-order valence-corrected chi connectivity index (χ2v) is 22.0. The van der Waals surface area contributed by atoms with Crippen LogP contribution in [-0.2, 0) is 61.6 Å². The normalized spacial score (nSPS) is 47.0. The van der Waals surface area contributed by atoms with Crippen molar-refractivity contribution in [2.75, 3.05) is 13.2 Å². The quantitative estimate of drug-likeness (QED) is 0.0343. The molecule has 0 amide bonds. The maximum Gasteiger partial charge on any atom is 0.303 e. The minimum atomic E-state index is -2.20. The van der Waals surface area contributed by atoms with Crippen molar-refractivity contribution in [1.29, 1.82) is 0 Å². The molecule has 29 heteroatoms. The molecule has 16 N–H and O–H groups in total. The molecule has 0 aromatic carbocycles. The standard InChI is InChI=1S/C51H90O29/c1-6-7-15-24(16-13-11-9-8-10-12-14-17-27(54)55)73-49-43(35(63)30(58)22(4)71-49)80-51-45(37(65)32(60)26(19-53)75-51)79-48-40(68)42(41(23(5)72-48)76-46-38(66)33(61)28(56)20(2)69-46)77-50-44(36(64)31(59)25(18-52)74-50)78-47-39(67)34(62)29(57)21(3)70-47/h20-26,28-53,56-68H,6-19H2,1-5H3,(H,54,55). The number of hydrogen-bond donors (Lipinski definition) is 16. The fourth-order valence-electron chi connectivity index (χ4n) is 10.8. The van der Waals surface area contributed by atoms with Gasteiger partial charge in [0.25, 0.3) is 0 Å². The Morgan fingerprint density at radius 2 is 0.738 bits per heavy atom. The highest BCUT2D eigenvalue weighted by atomic mass is 16.8. The van der Waals surface area contributed by atoms with Crippen LogP contribution in [0.1, 0.15) is 112 Å². The number of carboxylic acid groups (broad SMARTS) is 1. The molecule has 6 aliphatic heterocycles. The van der Waals surface area contributed by atoms with Crippen LogP contribution < -0.4 is 0 Å². The molecule has 6 rings (SSSR count). The van der Waals surface area contributed by atoms with Crippen LogP contribution >= 0.6 is 0 Å². The molecule has 0 bridgehead atoms.